The van der Waals surface area contributed by atoms with Crippen LogP contribution in [0.5, 0.6) is 0 Å². The van der Waals surface area contributed by atoms with E-state index in [9.17, 15) is 9.50 Å². The van der Waals surface area contributed by atoms with E-state index in [-0.39, 0.29) is 11.9 Å². The van der Waals surface area contributed by atoms with Crippen LogP contribution in [0, 0.1) is 5.92 Å². The molecule has 1 aliphatic carbocycles. The summed E-state index contributed by atoms with van der Waals surface area (Å²) in [5.41, 5.74) is 4.52. The number of allylic oxidation sites excluding steroid dienone is 6. The SMILES string of the molecule is C=C(C)CC.C=C(C)CN/C=C\C.C=CC(C)O.CC.CC.OC(CCC1CN(c2ccccc2)C1)C1=CCC=C(F)C=C1. The highest BCUT2D eigenvalue weighted by Crippen LogP contribution is 2.28. The van der Waals surface area contributed by atoms with Crippen molar-refractivity contribution in [2.45, 2.75) is 100 Å². The average Bonchev–Trinajstić information content (AvgIpc) is 3.24. The van der Waals surface area contributed by atoms with E-state index in [0.717, 1.165) is 50.0 Å². The molecule has 4 nitrogen and oxygen atoms in total. The van der Waals surface area contributed by atoms with E-state index in [4.69, 9.17) is 5.11 Å². The normalized spacial score (nSPS) is 14.5. The molecule has 1 aromatic carbocycles. The highest BCUT2D eigenvalue weighted by Gasteiger charge is 2.27. The molecule has 0 spiro atoms. The summed E-state index contributed by atoms with van der Waals surface area (Å²) < 4.78 is 13.1. The topological polar surface area (TPSA) is 55.7 Å². The fraction of sp³-hybridized carbons (Fsp3) is 0.487. The van der Waals surface area contributed by atoms with Crippen molar-refractivity contribution in [3.05, 3.63) is 115 Å². The molecule has 2 atom stereocenters. The molecule has 2 aliphatic rings. The highest BCUT2D eigenvalue weighted by molar-refractivity contribution is 5.48. The van der Waals surface area contributed by atoms with Gasteiger partial charge < -0.3 is 20.4 Å². The molecular formula is C39H65FN2O2. The number of benzene rings is 1. The van der Waals surface area contributed by atoms with Crippen LogP contribution in [-0.4, -0.2) is 42.1 Å². The van der Waals surface area contributed by atoms with Crippen LogP contribution < -0.4 is 10.2 Å². The molecule has 44 heavy (non-hydrogen) atoms. The molecule has 3 rings (SSSR count). The first kappa shape index (κ1) is 45.3. The molecule has 0 aromatic heterocycles. The Balaban J connectivity index is -0.000000631. The fourth-order valence-corrected chi connectivity index (χ4v) is 3.38. The lowest BCUT2D eigenvalue weighted by Gasteiger charge is -2.41. The van der Waals surface area contributed by atoms with Crippen LogP contribution in [0.25, 0.3) is 0 Å². The molecule has 1 heterocycles. The Hall–Kier alpha value is -3.15. The molecule has 5 heteroatoms. The minimum Gasteiger partial charge on any atom is -0.389 e. The smallest absolute Gasteiger partial charge is 0.119 e. The Bertz CT molecular complexity index is 971. The Kier molecular flexibility index (Phi) is 32.2. The van der Waals surface area contributed by atoms with Crippen LogP contribution in [0.2, 0.25) is 0 Å². The maximum atomic E-state index is 13.1. The van der Waals surface area contributed by atoms with E-state index in [1.807, 2.05) is 72.9 Å². The van der Waals surface area contributed by atoms with Crippen molar-refractivity contribution >= 4 is 5.69 Å². The molecule has 250 valence electrons. The first-order chi connectivity index (χ1) is 21.0. The van der Waals surface area contributed by atoms with E-state index in [0.29, 0.717) is 12.3 Å². The van der Waals surface area contributed by atoms with Crippen LogP contribution >= 0.6 is 0 Å². The van der Waals surface area contributed by atoms with Gasteiger partial charge in [0.2, 0.25) is 0 Å². The molecule has 3 N–H and O–H groups in total. The number of hydrogen-bond acceptors (Lipinski definition) is 4. The van der Waals surface area contributed by atoms with Gasteiger partial charge in [0.15, 0.2) is 0 Å². The third-order valence-electron chi connectivity index (χ3n) is 6.05. The zero-order valence-electron chi connectivity index (χ0n) is 29.5. The lowest BCUT2D eigenvalue weighted by molar-refractivity contribution is 0.186. The van der Waals surface area contributed by atoms with E-state index in [1.54, 1.807) is 13.0 Å². The van der Waals surface area contributed by atoms with Gasteiger partial charge in [-0.2, -0.15) is 0 Å². The molecular weight excluding hydrogens is 547 g/mol. The third-order valence-corrected chi connectivity index (χ3v) is 6.05. The largest absolute Gasteiger partial charge is 0.389 e. The Labute approximate surface area is 271 Å². The van der Waals surface area contributed by atoms with Gasteiger partial charge in [-0.15, -0.1) is 13.2 Å². The first-order valence-electron chi connectivity index (χ1n) is 16.2. The number of para-hydroxylation sites is 1. The summed E-state index contributed by atoms with van der Waals surface area (Å²) >= 11 is 0. The van der Waals surface area contributed by atoms with Gasteiger partial charge >= 0.3 is 0 Å². The number of aliphatic hydroxyl groups excluding tert-OH is 2. The van der Waals surface area contributed by atoms with Gasteiger partial charge in [-0.25, -0.2) is 4.39 Å². The quantitative estimate of drug-likeness (QED) is 0.230. The summed E-state index contributed by atoms with van der Waals surface area (Å²) in [5.74, 6) is 0.413. The van der Waals surface area contributed by atoms with E-state index < -0.39 is 6.10 Å². The van der Waals surface area contributed by atoms with Gasteiger partial charge in [0.1, 0.15) is 5.83 Å². The van der Waals surface area contributed by atoms with Crippen LogP contribution in [0.4, 0.5) is 10.1 Å². The summed E-state index contributed by atoms with van der Waals surface area (Å²) in [5, 5.41) is 21.6. The maximum absolute atomic E-state index is 13.1. The van der Waals surface area contributed by atoms with Crippen LogP contribution in [0.3, 0.4) is 0 Å². The van der Waals surface area contributed by atoms with E-state index >= 15 is 0 Å². The van der Waals surface area contributed by atoms with Crippen LogP contribution in [-0.2, 0) is 0 Å². The Morgan fingerprint density at radius 2 is 1.57 bits per heavy atom. The molecule has 2 unspecified atom stereocenters. The maximum Gasteiger partial charge on any atom is 0.119 e. The van der Waals surface area contributed by atoms with Crippen molar-refractivity contribution in [1.82, 2.24) is 5.32 Å². The number of nitrogens with one attached hydrogen (secondary N) is 1. The first-order valence-corrected chi connectivity index (χ1v) is 16.2. The Morgan fingerprint density at radius 1 is 1.02 bits per heavy atom. The number of anilines is 1. The van der Waals surface area contributed by atoms with Gasteiger partial charge in [0.05, 0.1) is 12.2 Å². The third kappa shape index (κ3) is 26.5. The lowest BCUT2D eigenvalue weighted by atomic mass is 9.91. The molecule has 0 saturated carbocycles. The number of aliphatic hydroxyl groups is 2. The molecule has 0 amide bonds. The predicted molar refractivity (Wildman–Crippen MR) is 196 cm³/mol. The standard InChI is InChI=1S/C19H22FNO.C7H13N.C5H10.C4H8O.2C2H6/c20-17-6-4-5-16(10-11-17)19(22)12-9-15-13-21(14-15)18-7-2-1-3-8-18;1-4-5-8-6-7(2)3;1-4-5(2)3;1-3-4(2)5;2*1-2/h1-3,5-8,10-11,15,19,22H,4,9,12-14H2;4-5,8H,2,6H2,1,3H3;2,4H2,1,3H3;3-5H,1H2,2H3;2*1-2H3/b;5-4-;;;;. The van der Waals surface area contributed by atoms with Crippen molar-refractivity contribution in [3.63, 3.8) is 0 Å². The molecule has 0 radical (unpaired) electrons. The number of nitrogens with zero attached hydrogens (tertiary/aromatic N) is 1. The van der Waals surface area contributed by atoms with E-state index in [2.05, 4.69) is 61.1 Å². The predicted octanol–water partition coefficient (Wildman–Crippen LogP) is 10.3. The van der Waals surface area contributed by atoms with Gasteiger partial charge in [-0.1, -0.05) is 94.8 Å². The monoisotopic (exact) mass is 613 g/mol. The van der Waals surface area contributed by atoms with Gasteiger partial charge in [-0.05, 0) is 95.4 Å². The van der Waals surface area contributed by atoms with Gasteiger partial charge in [0, 0.05) is 25.3 Å². The second-order valence-electron chi connectivity index (χ2n) is 10.2. The molecule has 1 aliphatic heterocycles. The minimum atomic E-state index is -0.485. The summed E-state index contributed by atoms with van der Waals surface area (Å²) in [4.78, 5) is 2.36. The number of halogens is 1. The van der Waals surface area contributed by atoms with Crippen molar-refractivity contribution in [1.29, 1.82) is 0 Å². The minimum absolute atomic E-state index is 0.226. The van der Waals surface area contributed by atoms with Crippen molar-refractivity contribution in [2.75, 3.05) is 24.5 Å². The fourth-order valence-electron chi connectivity index (χ4n) is 3.38. The average molecular weight is 613 g/mol. The highest BCUT2D eigenvalue weighted by atomic mass is 19.1. The molecule has 0 bridgehead atoms. The lowest BCUT2D eigenvalue weighted by Crippen LogP contribution is -2.46. The zero-order chi connectivity index (χ0) is 34.3. The molecule has 1 fully saturated rings. The van der Waals surface area contributed by atoms with Crippen LogP contribution in [0.15, 0.2) is 115 Å². The number of rotatable bonds is 10. The van der Waals surface area contributed by atoms with Crippen LogP contribution in [0.1, 0.15) is 88.0 Å². The van der Waals surface area contributed by atoms with Gasteiger partial charge in [0.25, 0.3) is 0 Å². The van der Waals surface area contributed by atoms with Crippen molar-refractivity contribution < 1.29 is 14.6 Å². The number of hydrogen-bond donors (Lipinski definition) is 3. The summed E-state index contributed by atoms with van der Waals surface area (Å²) in [6.45, 7) is 31.5. The van der Waals surface area contributed by atoms with Crippen molar-refractivity contribution in [2.24, 2.45) is 5.92 Å². The second-order valence-corrected chi connectivity index (χ2v) is 10.2. The second kappa shape index (κ2) is 31.3. The Morgan fingerprint density at radius 3 is 2.02 bits per heavy atom. The molecule has 1 saturated heterocycles. The van der Waals surface area contributed by atoms with E-state index in [1.165, 1.54) is 29.5 Å². The van der Waals surface area contributed by atoms with Gasteiger partial charge in [-0.3, -0.25) is 0 Å². The molecule has 1 aromatic rings. The summed E-state index contributed by atoms with van der Waals surface area (Å²) in [6.07, 6.45) is 14.5. The van der Waals surface area contributed by atoms with Crippen molar-refractivity contribution in [3.8, 4) is 0 Å². The zero-order valence-corrected chi connectivity index (χ0v) is 29.5. The summed E-state index contributed by atoms with van der Waals surface area (Å²) in [7, 11) is 0. The summed E-state index contributed by atoms with van der Waals surface area (Å²) in [6, 6.07) is 10.4.